The molecule has 2 atom stereocenters. The zero-order valence-corrected chi connectivity index (χ0v) is 12.2. The Kier molecular flexibility index (Phi) is 4.82. The summed E-state index contributed by atoms with van der Waals surface area (Å²) in [5, 5.41) is 9.03. The van der Waals surface area contributed by atoms with Crippen molar-refractivity contribution in [2.45, 2.75) is 11.8 Å². The molecular weight excluding hydrogens is 300 g/mol. The van der Waals surface area contributed by atoms with Crippen LogP contribution < -0.4 is 0 Å². The third-order valence-corrected chi connectivity index (χ3v) is 4.51. The zero-order valence-electron chi connectivity index (χ0n) is 11.4. The fourth-order valence-electron chi connectivity index (χ4n) is 2.29. The number of rotatable bonds is 4. The van der Waals surface area contributed by atoms with E-state index in [-0.39, 0.29) is 24.1 Å². The molecular formula is C14H15F2NO3S. The molecule has 1 amide bonds. The minimum Gasteiger partial charge on any atom is -0.481 e. The van der Waals surface area contributed by atoms with Crippen LogP contribution in [-0.2, 0) is 9.59 Å². The summed E-state index contributed by atoms with van der Waals surface area (Å²) < 4.78 is 25.8. The van der Waals surface area contributed by atoms with Crippen LogP contribution in [0.1, 0.15) is 6.92 Å². The lowest BCUT2D eigenvalue weighted by atomic mass is 9.99. The van der Waals surface area contributed by atoms with Gasteiger partial charge in [0.05, 0.1) is 11.7 Å². The Morgan fingerprint density at radius 2 is 2.05 bits per heavy atom. The van der Waals surface area contributed by atoms with E-state index in [1.165, 1.54) is 11.0 Å². The number of likely N-dealkylation sites (tertiary alicyclic amines) is 1. The summed E-state index contributed by atoms with van der Waals surface area (Å²) in [7, 11) is 0. The first kappa shape index (κ1) is 15.8. The molecule has 2 rings (SSSR count). The number of benzene rings is 1. The van der Waals surface area contributed by atoms with Crippen molar-refractivity contribution < 1.29 is 23.5 Å². The Bertz CT molecular complexity index is 567. The number of amides is 1. The second-order valence-electron chi connectivity index (χ2n) is 5.09. The summed E-state index contributed by atoms with van der Waals surface area (Å²) >= 11 is 1.10. The van der Waals surface area contributed by atoms with Crippen molar-refractivity contribution in [3.8, 4) is 0 Å². The SMILES string of the molecule is C[C@@H]1CN(C(=O)CSc2ccc(F)c(F)c2)C[C@H]1C(=O)O. The lowest BCUT2D eigenvalue weighted by Crippen LogP contribution is -2.31. The largest absolute Gasteiger partial charge is 0.481 e. The van der Waals surface area contributed by atoms with Gasteiger partial charge in [0.25, 0.3) is 0 Å². The minimum atomic E-state index is -0.951. The molecule has 1 heterocycles. The molecule has 1 aliphatic rings. The summed E-state index contributed by atoms with van der Waals surface area (Å²) in [6.45, 7) is 2.41. The predicted octanol–water partition coefficient (Wildman–Crippen LogP) is 2.24. The quantitative estimate of drug-likeness (QED) is 0.866. The number of hydrogen-bond donors (Lipinski definition) is 1. The molecule has 21 heavy (non-hydrogen) atoms. The number of aliphatic carboxylic acids is 1. The normalized spacial score (nSPS) is 21.6. The van der Waals surface area contributed by atoms with Gasteiger partial charge in [-0.2, -0.15) is 0 Å². The Morgan fingerprint density at radius 1 is 1.33 bits per heavy atom. The molecule has 1 fully saturated rings. The molecule has 0 aliphatic carbocycles. The Hall–Kier alpha value is -1.63. The minimum absolute atomic E-state index is 0.0735. The van der Waals surface area contributed by atoms with Crippen molar-refractivity contribution >= 4 is 23.6 Å². The maximum Gasteiger partial charge on any atom is 0.308 e. The lowest BCUT2D eigenvalue weighted by Gasteiger charge is -2.15. The standard InChI is InChI=1S/C14H15F2NO3S/c1-8-5-17(6-10(8)14(19)20)13(18)7-21-9-2-3-11(15)12(16)4-9/h2-4,8,10H,5-7H2,1H3,(H,19,20)/t8-,10-/m1/s1. The van der Waals surface area contributed by atoms with Gasteiger partial charge in [-0.05, 0) is 24.1 Å². The van der Waals surface area contributed by atoms with E-state index in [1.807, 2.05) is 0 Å². The van der Waals surface area contributed by atoms with Gasteiger partial charge in [0.15, 0.2) is 11.6 Å². The highest BCUT2D eigenvalue weighted by Gasteiger charge is 2.36. The van der Waals surface area contributed by atoms with Crippen LogP contribution in [0.3, 0.4) is 0 Å². The lowest BCUT2D eigenvalue weighted by molar-refractivity contribution is -0.142. The highest BCUT2D eigenvalue weighted by atomic mass is 32.2. The van der Waals surface area contributed by atoms with Crippen molar-refractivity contribution in [3.63, 3.8) is 0 Å². The van der Waals surface area contributed by atoms with E-state index >= 15 is 0 Å². The molecule has 4 nitrogen and oxygen atoms in total. The fraction of sp³-hybridized carbons (Fsp3) is 0.429. The molecule has 0 saturated carbocycles. The smallest absolute Gasteiger partial charge is 0.308 e. The maximum atomic E-state index is 13.0. The summed E-state index contributed by atoms with van der Waals surface area (Å²) in [6, 6.07) is 3.46. The molecule has 0 spiro atoms. The highest BCUT2D eigenvalue weighted by molar-refractivity contribution is 8.00. The van der Waals surface area contributed by atoms with E-state index in [0.29, 0.717) is 11.4 Å². The number of carboxylic acid groups (broad SMARTS) is 1. The zero-order chi connectivity index (χ0) is 15.6. The second-order valence-corrected chi connectivity index (χ2v) is 6.13. The van der Waals surface area contributed by atoms with Crippen LogP contribution in [-0.4, -0.2) is 40.7 Å². The number of nitrogens with zero attached hydrogens (tertiary/aromatic N) is 1. The molecule has 0 radical (unpaired) electrons. The third-order valence-electron chi connectivity index (χ3n) is 3.54. The van der Waals surface area contributed by atoms with Crippen molar-refractivity contribution in [2.24, 2.45) is 11.8 Å². The van der Waals surface area contributed by atoms with Gasteiger partial charge in [0, 0.05) is 18.0 Å². The summed E-state index contributed by atoms with van der Waals surface area (Å²) in [5.41, 5.74) is 0. The summed E-state index contributed by atoms with van der Waals surface area (Å²) in [4.78, 5) is 25.0. The first-order valence-corrected chi connectivity index (χ1v) is 7.45. The van der Waals surface area contributed by atoms with Crippen molar-refractivity contribution in [3.05, 3.63) is 29.8 Å². The van der Waals surface area contributed by atoms with Crippen molar-refractivity contribution in [1.29, 1.82) is 0 Å². The van der Waals surface area contributed by atoms with Crippen LogP contribution in [0.15, 0.2) is 23.1 Å². The molecule has 1 aromatic carbocycles. The molecule has 0 bridgehead atoms. The molecule has 1 aromatic rings. The summed E-state index contributed by atoms with van der Waals surface area (Å²) in [5.74, 6) is -3.52. The van der Waals surface area contributed by atoms with Gasteiger partial charge >= 0.3 is 5.97 Å². The number of hydrogen-bond acceptors (Lipinski definition) is 3. The average Bonchev–Trinajstić information content (AvgIpc) is 2.82. The first-order valence-electron chi connectivity index (χ1n) is 6.47. The topological polar surface area (TPSA) is 57.6 Å². The predicted molar refractivity (Wildman–Crippen MR) is 74.0 cm³/mol. The monoisotopic (exact) mass is 315 g/mol. The van der Waals surface area contributed by atoms with E-state index in [9.17, 15) is 18.4 Å². The van der Waals surface area contributed by atoms with E-state index in [4.69, 9.17) is 5.11 Å². The van der Waals surface area contributed by atoms with E-state index < -0.39 is 23.5 Å². The number of carbonyl (C=O) groups excluding carboxylic acids is 1. The molecule has 7 heteroatoms. The molecule has 1 saturated heterocycles. The van der Waals surface area contributed by atoms with E-state index in [1.54, 1.807) is 6.92 Å². The molecule has 1 N–H and O–H groups in total. The van der Waals surface area contributed by atoms with Crippen molar-refractivity contribution in [2.75, 3.05) is 18.8 Å². The van der Waals surface area contributed by atoms with E-state index in [2.05, 4.69) is 0 Å². The molecule has 114 valence electrons. The number of thioether (sulfide) groups is 1. The number of carbonyl (C=O) groups is 2. The van der Waals surface area contributed by atoms with Gasteiger partial charge in [-0.25, -0.2) is 8.78 Å². The van der Waals surface area contributed by atoms with Crippen molar-refractivity contribution in [1.82, 2.24) is 4.90 Å². The number of carboxylic acids is 1. The molecule has 1 aliphatic heterocycles. The van der Waals surface area contributed by atoms with Gasteiger partial charge in [-0.1, -0.05) is 6.92 Å². The highest BCUT2D eigenvalue weighted by Crippen LogP contribution is 2.25. The Labute approximate surface area is 125 Å². The Morgan fingerprint density at radius 3 is 2.62 bits per heavy atom. The average molecular weight is 315 g/mol. The second kappa shape index (κ2) is 6.43. The van der Waals surface area contributed by atoms with Gasteiger partial charge in [0.1, 0.15) is 0 Å². The van der Waals surface area contributed by atoms with Gasteiger partial charge < -0.3 is 10.0 Å². The fourth-order valence-corrected chi connectivity index (χ4v) is 3.12. The van der Waals surface area contributed by atoms with Crippen LogP contribution in [0.25, 0.3) is 0 Å². The van der Waals surface area contributed by atoms with Crippen LogP contribution in [0.2, 0.25) is 0 Å². The molecule has 0 aromatic heterocycles. The maximum absolute atomic E-state index is 13.0. The summed E-state index contributed by atoms with van der Waals surface area (Å²) in [6.07, 6.45) is 0. The van der Waals surface area contributed by atoms with E-state index in [0.717, 1.165) is 23.9 Å². The van der Waals surface area contributed by atoms with Gasteiger partial charge in [-0.3, -0.25) is 9.59 Å². The van der Waals surface area contributed by atoms with Crippen LogP contribution in [0.4, 0.5) is 8.78 Å². The Balaban J connectivity index is 1.90. The first-order chi connectivity index (χ1) is 9.88. The third kappa shape index (κ3) is 3.72. The van der Waals surface area contributed by atoms with Crippen LogP contribution in [0, 0.1) is 23.5 Å². The van der Waals surface area contributed by atoms with Gasteiger partial charge in [-0.15, -0.1) is 11.8 Å². The number of halogens is 2. The molecule has 0 unspecified atom stereocenters. The van der Waals surface area contributed by atoms with Gasteiger partial charge in [0.2, 0.25) is 5.91 Å². The van der Waals surface area contributed by atoms with Crippen LogP contribution >= 0.6 is 11.8 Å². The van der Waals surface area contributed by atoms with Crippen LogP contribution in [0.5, 0.6) is 0 Å².